The Morgan fingerprint density at radius 1 is 1.32 bits per heavy atom. The number of benzene rings is 1. The van der Waals surface area contributed by atoms with Crippen LogP contribution in [0.15, 0.2) is 47.4 Å². The fourth-order valence-electron chi connectivity index (χ4n) is 3.27. The Hall–Kier alpha value is -2.38. The Balaban J connectivity index is 2.26. The topological polar surface area (TPSA) is 66.0 Å². The van der Waals surface area contributed by atoms with Gasteiger partial charge in [0.1, 0.15) is 0 Å². The molecule has 0 fully saturated rings. The van der Waals surface area contributed by atoms with Gasteiger partial charge in [0.2, 0.25) is 0 Å². The molecule has 0 saturated heterocycles. The number of rotatable bonds is 1. The number of hydrogen-bond acceptors (Lipinski definition) is 3. The van der Waals surface area contributed by atoms with Gasteiger partial charge >= 0.3 is 0 Å². The zero-order valence-electron chi connectivity index (χ0n) is 12.7. The number of nitrogens with zero attached hydrogens (tertiary/aromatic N) is 2. The van der Waals surface area contributed by atoms with Crippen LogP contribution in [-0.4, -0.2) is 15.8 Å². The van der Waals surface area contributed by atoms with Crippen molar-refractivity contribution < 1.29 is 5.11 Å². The molecule has 0 spiro atoms. The average Bonchev–Trinajstić information content (AvgIpc) is 2.49. The Kier molecular flexibility index (Phi) is 3.38. The first-order chi connectivity index (χ1) is 10.4. The molecule has 1 heterocycles. The first-order valence-corrected chi connectivity index (χ1v) is 7.32. The SMILES string of the molecule is CC1(C)Cc2ccc(C#N)cc2C(n2ccccc2=O)C1O. The van der Waals surface area contributed by atoms with Gasteiger partial charge in [-0.1, -0.05) is 26.0 Å². The van der Waals surface area contributed by atoms with Gasteiger partial charge in [-0.25, -0.2) is 0 Å². The number of aromatic nitrogens is 1. The molecule has 0 aliphatic heterocycles. The molecule has 0 saturated carbocycles. The van der Waals surface area contributed by atoms with Crippen LogP contribution >= 0.6 is 0 Å². The Morgan fingerprint density at radius 3 is 2.77 bits per heavy atom. The normalized spacial score (nSPS) is 22.6. The average molecular weight is 294 g/mol. The summed E-state index contributed by atoms with van der Waals surface area (Å²) in [5, 5.41) is 20.0. The predicted octanol–water partition coefficient (Wildman–Crippen LogP) is 2.25. The minimum Gasteiger partial charge on any atom is -0.390 e. The molecule has 0 amide bonds. The van der Waals surface area contributed by atoms with E-state index >= 15 is 0 Å². The van der Waals surface area contributed by atoms with Gasteiger partial charge in [0.15, 0.2) is 0 Å². The summed E-state index contributed by atoms with van der Waals surface area (Å²) in [4.78, 5) is 12.2. The second-order valence-corrected chi connectivity index (χ2v) is 6.53. The number of aliphatic hydroxyl groups excluding tert-OH is 1. The van der Waals surface area contributed by atoms with Crippen LogP contribution in [0.4, 0.5) is 0 Å². The van der Waals surface area contributed by atoms with E-state index in [2.05, 4.69) is 6.07 Å². The third-order valence-corrected chi connectivity index (χ3v) is 4.49. The monoisotopic (exact) mass is 294 g/mol. The Labute approximate surface area is 129 Å². The molecule has 1 N–H and O–H groups in total. The quantitative estimate of drug-likeness (QED) is 0.877. The van der Waals surface area contributed by atoms with Gasteiger partial charge < -0.3 is 9.67 Å². The lowest BCUT2D eigenvalue weighted by molar-refractivity contribution is 0.00819. The second-order valence-electron chi connectivity index (χ2n) is 6.53. The van der Waals surface area contributed by atoms with E-state index in [-0.39, 0.29) is 11.0 Å². The van der Waals surface area contributed by atoms with Crippen LogP contribution in [0.2, 0.25) is 0 Å². The summed E-state index contributed by atoms with van der Waals surface area (Å²) in [6.07, 6.45) is 1.71. The molecule has 1 aliphatic carbocycles. The van der Waals surface area contributed by atoms with E-state index in [9.17, 15) is 9.90 Å². The van der Waals surface area contributed by atoms with E-state index in [1.165, 1.54) is 6.07 Å². The fourth-order valence-corrected chi connectivity index (χ4v) is 3.27. The molecule has 1 aromatic carbocycles. The van der Waals surface area contributed by atoms with Crippen molar-refractivity contribution in [1.29, 1.82) is 5.26 Å². The van der Waals surface area contributed by atoms with Crippen LogP contribution in [0.3, 0.4) is 0 Å². The van der Waals surface area contributed by atoms with Crippen molar-refractivity contribution in [2.24, 2.45) is 5.41 Å². The molecule has 22 heavy (non-hydrogen) atoms. The molecule has 2 aromatic rings. The van der Waals surface area contributed by atoms with Gasteiger partial charge in [0.05, 0.1) is 23.8 Å². The molecular formula is C18H18N2O2. The van der Waals surface area contributed by atoms with Gasteiger partial charge in [0, 0.05) is 12.3 Å². The largest absolute Gasteiger partial charge is 0.390 e. The maximum atomic E-state index is 12.2. The lowest BCUT2D eigenvalue weighted by Gasteiger charge is -2.42. The highest BCUT2D eigenvalue weighted by Crippen LogP contribution is 2.42. The number of fused-ring (bicyclic) bond motifs is 1. The van der Waals surface area contributed by atoms with Crippen LogP contribution in [0.1, 0.15) is 36.6 Å². The molecule has 0 bridgehead atoms. The summed E-state index contributed by atoms with van der Waals surface area (Å²) in [6.45, 7) is 4.00. The maximum absolute atomic E-state index is 12.2. The van der Waals surface area contributed by atoms with Crippen molar-refractivity contribution in [2.75, 3.05) is 0 Å². The van der Waals surface area contributed by atoms with Gasteiger partial charge in [-0.05, 0) is 41.2 Å². The van der Waals surface area contributed by atoms with Gasteiger partial charge in [-0.15, -0.1) is 0 Å². The lowest BCUT2D eigenvalue weighted by atomic mass is 9.69. The zero-order chi connectivity index (χ0) is 15.9. The lowest BCUT2D eigenvalue weighted by Crippen LogP contribution is -2.46. The molecule has 3 rings (SSSR count). The van der Waals surface area contributed by atoms with Crippen LogP contribution < -0.4 is 5.56 Å². The predicted molar refractivity (Wildman–Crippen MR) is 83.5 cm³/mol. The summed E-state index contributed by atoms with van der Waals surface area (Å²) >= 11 is 0. The van der Waals surface area contributed by atoms with E-state index in [1.807, 2.05) is 19.9 Å². The van der Waals surface area contributed by atoms with E-state index in [0.717, 1.165) is 11.1 Å². The Bertz CT molecular complexity index is 814. The number of hydrogen-bond donors (Lipinski definition) is 1. The van der Waals surface area contributed by atoms with Gasteiger partial charge in [0.25, 0.3) is 5.56 Å². The molecule has 4 heteroatoms. The highest BCUT2D eigenvalue weighted by atomic mass is 16.3. The third kappa shape index (κ3) is 2.24. The highest BCUT2D eigenvalue weighted by Gasteiger charge is 2.42. The van der Waals surface area contributed by atoms with Crippen LogP contribution in [0.25, 0.3) is 0 Å². The summed E-state index contributed by atoms with van der Waals surface area (Å²) in [7, 11) is 0. The number of aliphatic hydroxyl groups is 1. The Morgan fingerprint density at radius 2 is 2.09 bits per heavy atom. The van der Waals surface area contributed by atoms with Crippen molar-refractivity contribution in [3.8, 4) is 6.07 Å². The van der Waals surface area contributed by atoms with Gasteiger partial charge in [-0.3, -0.25) is 4.79 Å². The van der Waals surface area contributed by atoms with Crippen LogP contribution in [0, 0.1) is 16.7 Å². The van der Waals surface area contributed by atoms with Crippen molar-refractivity contribution in [1.82, 2.24) is 4.57 Å². The van der Waals surface area contributed by atoms with Crippen molar-refractivity contribution in [3.05, 3.63) is 69.6 Å². The number of pyridine rings is 1. The smallest absolute Gasteiger partial charge is 0.251 e. The number of nitriles is 1. The molecule has 1 aromatic heterocycles. The molecule has 0 radical (unpaired) electrons. The molecule has 2 atom stereocenters. The minimum atomic E-state index is -0.700. The van der Waals surface area contributed by atoms with E-state index in [1.54, 1.807) is 35.0 Å². The summed E-state index contributed by atoms with van der Waals surface area (Å²) in [5.74, 6) is 0. The van der Waals surface area contributed by atoms with Gasteiger partial charge in [-0.2, -0.15) is 5.26 Å². The molecule has 2 unspecified atom stereocenters. The van der Waals surface area contributed by atoms with E-state index < -0.39 is 12.1 Å². The van der Waals surface area contributed by atoms with Crippen molar-refractivity contribution in [2.45, 2.75) is 32.4 Å². The van der Waals surface area contributed by atoms with Crippen LogP contribution in [0.5, 0.6) is 0 Å². The zero-order valence-corrected chi connectivity index (χ0v) is 12.7. The van der Waals surface area contributed by atoms with E-state index in [0.29, 0.717) is 12.0 Å². The third-order valence-electron chi connectivity index (χ3n) is 4.49. The molecule has 1 aliphatic rings. The maximum Gasteiger partial charge on any atom is 0.251 e. The minimum absolute atomic E-state index is 0.155. The van der Waals surface area contributed by atoms with E-state index in [4.69, 9.17) is 5.26 Å². The molecule has 112 valence electrons. The molecular weight excluding hydrogens is 276 g/mol. The first kappa shape index (κ1) is 14.6. The second kappa shape index (κ2) is 5.11. The summed E-state index contributed by atoms with van der Waals surface area (Å²) in [6, 6.07) is 12.1. The molecule has 4 nitrogen and oxygen atoms in total. The standard InChI is InChI=1S/C18H18N2O2/c1-18(2)10-13-7-6-12(11-19)9-14(13)16(17(18)22)20-8-4-3-5-15(20)21/h3-9,16-17,22H,10H2,1-2H3. The fraction of sp³-hybridized carbons (Fsp3) is 0.333. The summed E-state index contributed by atoms with van der Waals surface area (Å²) in [5.41, 5.74) is 1.98. The highest BCUT2D eigenvalue weighted by molar-refractivity contribution is 5.43. The van der Waals surface area contributed by atoms with Crippen molar-refractivity contribution >= 4 is 0 Å². The van der Waals surface area contributed by atoms with Crippen molar-refractivity contribution in [3.63, 3.8) is 0 Å². The van der Waals surface area contributed by atoms with Crippen LogP contribution in [-0.2, 0) is 6.42 Å². The first-order valence-electron chi connectivity index (χ1n) is 7.32. The summed E-state index contributed by atoms with van der Waals surface area (Å²) < 4.78 is 1.56.